The molecule has 152 valence electrons. The number of carboxylic acid groups (broad SMARTS) is 1. The Morgan fingerprint density at radius 1 is 0.964 bits per heavy atom. The number of halogens is 6. The molecule has 0 unspecified atom stereocenters. The van der Waals surface area contributed by atoms with E-state index in [1.807, 2.05) is 4.72 Å². The third-order valence-corrected chi connectivity index (χ3v) is 5.02. The van der Waals surface area contributed by atoms with Crippen LogP contribution in [0.15, 0.2) is 41.3 Å². The first-order chi connectivity index (χ1) is 12.6. The summed E-state index contributed by atoms with van der Waals surface area (Å²) in [6, 6.07) is 3.37. The smallest absolute Gasteiger partial charge is 0.416 e. The number of benzene rings is 2. The average Bonchev–Trinajstić information content (AvgIpc) is 2.54. The molecule has 0 aliphatic carbocycles. The molecule has 0 amide bonds. The van der Waals surface area contributed by atoms with Gasteiger partial charge in [0.2, 0.25) is 0 Å². The molecule has 0 aliphatic rings. The van der Waals surface area contributed by atoms with E-state index in [9.17, 15) is 39.6 Å². The van der Waals surface area contributed by atoms with Gasteiger partial charge in [-0.25, -0.2) is 13.2 Å². The minimum atomic E-state index is -5.22. The number of anilines is 1. The first-order valence-corrected chi connectivity index (χ1v) is 8.76. The van der Waals surface area contributed by atoms with Crippen molar-refractivity contribution in [2.75, 3.05) is 4.72 Å². The number of alkyl halides is 6. The lowest BCUT2D eigenvalue weighted by Gasteiger charge is -2.16. The molecule has 5 nitrogen and oxygen atoms in total. The van der Waals surface area contributed by atoms with Gasteiger partial charge in [0.05, 0.1) is 27.3 Å². The standard InChI is InChI=1S/C16H11F6NO4S/c1-8-12(14(24)25)3-2-4-13(8)23-28(26,27)11-6-9(15(17,18)19)5-10(7-11)16(20,21)22/h2-7,23H,1H3,(H,24,25). The van der Waals surface area contributed by atoms with Crippen molar-refractivity contribution in [3.8, 4) is 0 Å². The number of aromatic carboxylic acids is 1. The summed E-state index contributed by atoms with van der Waals surface area (Å²) in [4.78, 5) is 9.82. The third-order valence-electron chi connectivity index (χ3n) is 3.68. The summed E-state index contributed by atoms with van der Waals surface area (Å²) in [5.41, 5.74) is -4.25. The average molecular weight is 427 g/mol. The van der Waals surface area contributed by atoms with Crippen molar-refractivity contribution in [1.29, 1.82) is 0 Å². The first-order valence-electron chi connectivity index (χ1n) is 7.28. The summed E-state index contributed by atoms with van der Waals surface area (Å²) in [7, 11) is -4.89. The quantitative estimate of drug-likeness (QED) is 0.703. The number of rotatable bonds is 4. The molecule has 0 fully saturated rings. The van der Waals surface area contributed by atoms with Gasteiger partial charge >= 0.3 is 18.3 Å². The van der Waals surface area contributed by atoms with E-state index < -0.39 is 44.4 Å². The molecule has 0 atom stereocenters. The van der Waals surface area contributed by atoms with Gasteiger partial charge in [-0.15, -0.1) is 0 Å². The molecular formula is C16H11F6NO4S. The molecule has 2 rings (SSSR count). The summed E-state index contributed by atoms with van der Waals surface area (Å²) < 4.78 is 104. The second-order valence-electron chi connectivity index (χ2n) is 5.63. The zero-order chi connectivity index (χ0) is 21.5. The number of carboxylic acids is 1. The lowest BCUT2D eigenvalue weighted by Crippen LogP contribution is -2.18. The minimum absolute atomic E-state index is 0.0634. The SMILES string of the molecule is Cc1c(NS(=O)(=O)c2cc(C(F)(F)F)cc(C(F)(F)F)c2)cccc1C(=O)O. The van der Waals surface area contributed by atoms with Gasteiger partial charge in [0.1, 0.15) is 0 Å². The van der Waals surface area contributed by atoms with E-state index in [0.29, 0.717) is 0 Å². The molecule has 2 N–H and O–H groups in total. The predicted octanol–water partition coefficient (Wildman–Crippen LogP) is 4.53. The number of hydrogen-bond acceptors (Lipinski definition) is 3. The molecular weight excluding hydrogens is 416 g/mol. The largest absolute Gasteiger partial charge is 0.478 e. The van der Waals surface area contributed by atoms with Gasteiger partial charge in [-0.2, -0.15) is 26.3 Å². The van der Waals surface area contributed by atoms with E-state index in [-0.39, 0.29) is 35.0 Å². The minimum Gasteiger partial charge on any atom is -0.478 e. The van der Waals surface area contributed by atoms with Crippen LogP contribution in [-0.4, -0.2) is 19.5 Å². The third kappa shape index (κ3) is 4.55. The molecule has 28 heavy (non-hydrogen) atoms. The molecule has 0 saturated carbocycles. The molecule has 2 aromatic rings. The van der Waals surface area contributed by atoms with Crippen LogP contribution in [0.4, 0.5) is 32.0 Å². The molecule has 0 heterocycles. The van der Waals surface area contributed by atoms with Crippen molar-refractivity contribution in [3.05, 3.63) is 58.7 Å². The molecule has 0 spiro atoms. The van der Waals surface area contributed by atoms with Crippen LogP contribution in [0.1, 0.15) is 27.0 Å². The van der Waals surface area contributed by atoms with E-state index in [2.05, 4.69) is 0 Å². The van der Waals surface area contributed by atoms with Gasteiger partial charge in [0.15, 0.2) is 0 Å². The Morgan fingerprint density at radius 2 is 1.46 bits per heavy atom. The Balaban J connectivity index is 2.60. The van der Waals surface area contributed by atoms with Crippen LogP contribution in [0.3, 0.4) is 0 Å². The highest BCUT2D eigenvalue weighted by molar-refractivity contribution is 7.92. The maximum Gasteiger partial charge on any atom is 0.416 e. The zero-order valence-electron chi connectivity index (χ0n) is 13.8. The van der Waals surface area contributed by atoms with Crippen LogP contribution >= 0.6 is 0 Å². The number of hydrogen-bond donors (Lipinski definition) is 2. The predicted molar refractivity (Wildman–Crippen MR) is 85.4 cm³/mol. The topological polar surface area (TPSA) is 83.5 Å². The Morgan fingerprint density at radius 3 is 1.89 bits per heavy atom. The Hall–Kier alpha value is -2.76. The highest BCUT2D eigenvalue weighted by Crippen LogP contribution is 2.37. The Labute approximate surface area is 154 Å². The molecule has 0 saturated heterocycles. The van der Waals surface area contributed by atoms with E-state index in [4.69, 9.17) is 5.11 Å². The van der Waals surface area contributed by atoms with Crippen molar-refractivity contribution in [1.82, 2.24) is 0 Å². The van der Waals surface area contributed by atoms with E-state index in [0.717, 1.165) is 12.1 Å². The van der Waals surface area contributed by atoms with Crippen LogP contribution in [0.2, 0.25) is 0 Å². The fourth-order valence-electron chi connectivity index (χ4n) is 2.26. The fraction of sp³-hybridized carbons (Fsp3) is 0.188. The first kappa shape index (κ1) is 21.5. The monoisotopic (exact) mass is 427 g/mol. The molecule has 0 aromatic heterocycles. The van der Waals surface area contributed by atoms with Crippen LogP contribution in [0.25, 0.3) is 0 Å². The highest BCUT2D eigenvalue weighted by atomic mass is 32.2. The molecule has 0 bridgehead atoms. The van der Waals surface area contributed by atoms with E-state index in [1.165, 1.54) is 13.0 Å². The van der Waals surface area contributed by atoms with Crippen molar-refractivity contribution in [3.63, 3.8) is 0 Å². The van der Waals surface area contributed by atoms with Crippen molar-refractivity contribution in [2.45, 2.75) is 24.2 Å². The van der Waals surface area contributed by atoms with Crippen molar-refractivity contribution in [2.24, 2.45) is 0 Å². The number of nitrogens with one attached hydrogen (secondary N) is 1. The van der Waals surface area contributed by atoms with Gasteiger partial charge in [-0.1, -0.05) is 6.07 Å². The zero-order valence-corrected chi connectivity index (χ0v) is 14.6. The summed E-state index contributed by atoms with van der Waals surface area (Å²) in [6.45, 7) is 1.23. The molecule has 0 radical (unpaired) electrons. The van der Waals surface area contributed by atoms with Gasteiger partial charge in [0, 0.05) is 0 Å². The normalized spacial score (nSPS) is 12.7. The maximum atomic E-state index is 12.9. The van der Waals surface area contributed by atoms with Crippen LogP contribution in [-0.2, 0) is 22.4 Å². The fourth-order valence-corrected chi connectivity index (χ4v) is 3.46. The number of sulfonamides is 1. The van der Waals surface area contributed by atoms with Crippen LogP contribution in [0, 0.1) is 6.92 Å². The molecule has 2 aromatic carbocycles. The van der Waals surface area contributed by atoms with Gasteiger partial charge in [-0.05, 0) is 42.8 Å². The van der Waals surface area contributed by atoms with E-state index in [1.54, 1.807) is 0 Å². The van der Waals surface area contributed by atoms with Gasteiger partial charge in [-0.3, -0.25) is 4.72 Å². The number of carbonyl (C=O) groups is 1. The second-order valence-corrected chi connectivity index (χ2v) is 7.31. The van der Waals surface area contributed by atoms with Crippen molar-refractivity contribution < 1.29 is 44.7 Å². The van der Waals surface area contributed by atoms with Crippen LogP contribution < -0.4 is 4.72 Å². The summed E-state index contributed by atoms with van der Waals surface area (Å²) >= 11 is 0. The lowest BCUT2D eigenvalue weighted by atomic mass is 10.1. The summed E-state index contributed by atoms with van der Waals surface area (Å²) in [6.07, 6.45) is -10.4. The second kappa shape index (κ2) is 7.00. The maximum absolute atomic E-state index is 12.9. The van der Waals surface area contributed by atoms with Crippen LogP contribution in [0.5, 0.6) is 0 Å². The molecule has 0 aliphatic heterocycles. The van der Waals surface area contributed by atoms with Gasteiger partial charge in [0.25, 0.3) is 10.0 Å². The van der Waals surface area contributed by atoms with E-state index >= 15 is 0 Å². The van der Waals surface area contributed by atoms with Crippen molar-refractivity contribution >= 4 is 21.7 Å². The lowest BCUT2D eigenvalue weighted by molar-refractivity contribution is -0.143. The summed E-state index contributed by atoms with van der Waals surface area (Å²) in [5.74, 6) is -1.39. The van der Waals surface area contributed by atoms with Gasteiger partial charge < -0.3 is 5.11 Å². The Kier molecular flexibility index (Phi) is 5.39. The molecule has 12 heteroatoms. The summed E-state index contributed by atoms with van der Waals surface area (Å²) in [5, 5.41) is 9.03. The Bertz CT molecular complexity index is 996. The highest BCUT2D eigenvalue weighted by Gasteiger charge is 2.38.